The van der Waals surface area contributed by atoms with E-state index in [9.17, 15) is 9.50 Å². The Bertz CT molecular complexity index is 331. The average Bonchev–Trinajstić information content (AvgIpc) is 2.01. The van der Waals surface area contributed by atoms with Crippen molar-refractivity contribution in [3.63, 3.8) is 0 Å². The van der Waals surface area contributed by atoms with Crippen molar-refractivity contribution in [3.8, 4) is 0 Å². The van der Waals surface area contributed by atoms with Crippen molar-refractivity contribution in [2.24, 2.45) is 5.41 Å². The molecule has 1 aromatic rings. The molecule has 1 unspecified atom stereocenters. The molecule has 0 aromatic heterocycles. The van der Waals surface area contributed by atoms with E-state index in [1.165, 1.54) is 18.2 Å². The topological polar surface area (TPSA) is 20.2 Å². The Morgan fingerprint density at radius 3 is 2.36 bits per heavy atom. The second-order valence-corrected chi connectivity index (χ2v) is 4.84. The van der Waals surface area contributed by atoms with Crippen LogP contribution >= 0.6 is 11.6 Å². The summed E-state index contributed by atoms with van der Waals surface area (Å²) in [5.41, 5.74) is 0.266. The summed E-state index contributed by atoms with van der Waals surface area (Å²) in [6.07, 6.45) is -0.685. The van der Waals surface area contributed by atoms with E-state index in [0.717, 1.165) is 0 Å². The van der Waals surface area contributed by atoms with E-state index < -0.39 is 6.10 Å². The summed E-state index contributed by atoms with van der Waals surface area (Å²) in [5, 5.41) is 10.2. The van der Waals surface area contributed by atoms with E-state index in [-0.39, 0.29) is 16.3 Å². The minimum atomic E-state index is -0.685. The lowest BCUT2D eigenvalue weighted by Crippen LogP contribution is -2.18. The van der Waals surface area contributed by atoms with Gasteiger partial charge in [-0.25, -0.2) is 4.39 Å². The molecule has 0 radical (unpaired) electrons. The summed E-state index contributed by atoms with van der Waals surface area (Å²) in [5.74, 6) is -0.389. The van der Waals surface area contributed by atoms with Crippen molar-refractivity contribution in [2.75, 3.05) is 0 Å². The Labute approximate surface area is 88.5 Å². The SMILES string of the molecule is CC(C)(C)C(O)c1ccc(F)cc1Cl. The molecule has 0 amide bonds. The van der Waals surface area contributed by atoms with Gasteiger partial charge in [0, 0.05) is 5.02 Å². The number of halogens is 2. The molecule has 1 nitrogen and oxygen atoms in total. The first kappa shape index (κ1) is 11.5. The molecule has 78 valence electrons. The van der Waals surface area contributed by atoms with Gasteiger partial charge in [-0.05, 0) is 23.1 Å². The van der Waals surface area contributed by atoms with Crippen LogP contribution in [0.15, 0.2) is 18.2 Å². The third kappa shape index (κ3) is 2.46. The number of benzene rings is 1. The normalized spacial score (nSPS) is 14.1. The Morgan fingerprint density at radius 1 is 1.36 bits per heavy atom. The molecule has 0 fully saturated rings. The predicted molar refractivity (Wildman–Crippen MR) is 55.8 cm³/mol. The number of aliphatic hydroxyl groups excluding tert-OH is 1. The fourth-order valence-electron chi connectivity index (χ4n) is 1.19. The summed E-state index contributed by atoms with van der Waals surface area (Å²) < 4.78 is 12.7. The fraction of sp³-hybridized carbons (Fsp3) is 0.455. The van der Waals surface area contributed by atoms with Crippen LogP contribution in [0, 0.1) is 11.2 Å². The molecular weight excluding hydrogens is 203 g/mol. The van der Waals surface area contributed by atoms with Crippen LogP contribution < -0.4 is 0 Å². The summed E-state index contributed by atoms with van der Waals surface area (Å²) in [6.45, 7) is 5.70. The standard InChI is InChI=1S/C11H14ClFO/c1-11(2,3)10(14)8-5-4-7(13)6-9(8)12/h4-6,10,14H,1-3H3. The van der Waals surface area contributed by atoms with Gasteiger partial charge in [-0.3, -0.25) is 0 Å². The third-order valence-corrected chi connectivity index (χ3v) is 2.40. The van der Waals surface area contributed by atoms with Crippen LogP contribution in [0.1, 0.15) is 32.4 Å². The van der Waals surface area contributed by atoms with E-state index in [1.807, 2.05) is 20.8 Å². The van der Waals surface area contributed by atoms with E-state index in [0.29, 0.717) is 5.56 Å². The van der Waals surface area contributed by atoms with Crippen molar-refractivity contribution in [1.82, 2.24) is 0 Å². The highest BCUT2D eigenvalue weighted by Gasteiger charge is 2.25. The van der Waals surface area contributed by atoms with Gasteiger partial charge in [-0.2, -0.15) is 0 Å². The van der Waals surface area contributed by atoms with Crippen LogP contribution in [0.5, 0.6) is 0 Å². The smallest absolute Gasteiger partial charge is 0.124 e. The molecule has 0 aliphatic heterocycles. The number of aliphatic hydroxyl groups is 1. The van der Waals surface area contributed by atoms with Gasteiger partial charge in [0.2, 0.25) is 0 Å². The lowest BCUT2D eigenvalue weighted by atomic mass is 9.85. The molecule has 3 heteroatoms. The highest BCUT2D eigenvalue weighted by molar-refractivity contribution is 6.31. The van der Waals surface area contributed by atoms with E-state index >= 15 is 0 Å². The van der Waals surface area contributed by atoms with Gasteiger partial charge in [0.25, 0.3) is 0 Å². The molecule has 0 saturated carbocycles. The molecule has 0 aliphatic rings. The van der Waals surface area contributed by atoms with Gasteiger partial charge < -0.3 is 5.11 Å². The average molecular weight is 217 g/mol. The zero-order valence-corrected chi connectivity index (χ0v) is 9.27. The van der Waals surface area contributed by atoms with Crippen LogP contribution in [0.4, 0.5) is 4.39 Å². The molecule has 0 bridgehead atoms. The number of hydrogen-bond donors (Lipinski definition) is 1. The Kier molecular flexibility index (Phi) is 3.17. The molecular formula is C11H14ClFO. The van der Waals surface area contributed by atoms with Crippen molar-refractivity contribution >= 4 is 11.6 Å². The highest BCUT2D eigenvalue weighted by atomic mass is 35.5. The maximum Gasteiger partial charge on any atom is 0.124 e. The second-order valence-electron chi connectivity index (χ2n) is 4.43. The lowest BCUT2D eigenvalue weighted by Gasteiger charge is -2.26. The van der Waals surface area contributed by atoms with Gasteiger partial charge >= 0.3 is 0 Å². The van der Waals surface area contributed by atoms with E-state index in [4.69, 9.17) is 11.6 Å². The maximum atomic E-state index is 12.7. The molecule has 1 rings (SSSR count). The summed E-state index contributed by atoms with van der Waals surface area (Å²) in [7, 11) is 0. The van der Waals surface area contributed by atoms with Crippen LogP contribution in [0.3, 0.4) is 0 Å². The van der Waals surface area contributed by atoms with Crippen molar-refractivity contribution in [1.29, 1.82) is 0 Å². The first-order valence-corrected chi connectivity index (χ1v) is 4.83. The monoisotopic (exact) mass is 216 g/mol. The van der Waals surface area contributed by atoms with E-state index in [1.54, 1.807) is 0 Å². The third-order valence-electron chi connectivity index (χ3n) is 2.08. The van der Waals surface area contributed by atoms with Gasteiger partial charge in [-0.15, -0.1) is 0 Å². The molecule has 14 heavy (non-hydrogen) atoms. The minimum absolute atomic E-state index is 0.271. The second kappa shape index (κ2) is 3.87. The number of hydrogen-bond acceptors (Lipinski definition) is 1. The van der Waals surface area contributed by atoms with Crippen molar-refractivity contribution < 1.29 is 9.50 Å². The molecule has 0 saturated heterocycles. The first-order chi connectivity index (χ1) is 6.32. The van der Waals surface area contributed by atoms with E-state index in [2.05, 4.69) is 0 Å². The molecule has 1 atom stereocenters. The Balaban J connectivity index is 3.08. The summed E-state index contributed by atoms with van der Waals surface area (Å²) >= 11 is 5.83. The minimum Gasteiger partial charge on any atom is -0.388 e. The molecule has 0 aliphatic carbocycles. The van der Waals surface area contributed by atoms with Crippen LogP contribution in [0.2, 0.25) is 5.02 Å². The number of rotatable bonds is 1. The summed E-state index contributed by atoms with van der Waals surface area (Å²) in [6, 6.07) is 4.04. The van der Waals surface area contributed by atoms with Gasteiger partial charge in [-0.1, -0.05) is 38.4 Å². The predicted octanol–water partition coefficient (Wildman–Crippen LogP) is 3.56. The van der Waals surface area contributed by atoms with Crippen molar-refractivity contribution in [3.05, 3.63) is 34.6 Å². The van der Waals surface area contributed by atoms with Crippen LogP contribution in [-0.2, 0) is 0 Å². The van der Waals surface area contributed by atoms with Gasteiger partial charge in [0.1, 0.15) is 5.82 Å². The Morgan fingerprint density at radius 2 is 1.93 bits per heavy atom. The zero-order chi connectivity index (χ0) is 10.9. The molecule has 1 N–H and O–H groups in total. The molecule has 1 aromatic carbocycles. The quantitative estimate of drug-likeness (QED) is 0.761. The summed E-state index contributed by atoms with van der Waals surface area (Å²) in [4.78, 5) is 0. The molecule has 0 spiro atoms. The van der Waals surface area contributed by atoms with Crippen molar-refractivity contribution in [2.45, 2.75) is 26.9 Å². The zero-order valence-electron chi connectivity index (χ0n) is 8.51. The maximum absolute atomic E-state index is 12.7. The Hall–Kier alpha value is -0.600. The highest BCUT2D eigenvalue weighted by Crippen LogP contribution is 2.36. The fourth-order valence-corrected chi connectivity index (χ4v) is 1.46. The van der Waals surface area contributed by atoms with Crippen LogP contribution in [-0.4, -0.2) is 5.11 Å². The molecule has 0 heterocycles. The largest absolute Gasteiger partial charge is 0.388 e. The van der Waals surface area contributed by atoms with Gasteiger partial charge in [0.15, 0.2) is 0 Å². The van der Waals surface area contributed by atoms with Crippen LogP contribution in [0.25, 0.3) is 0 Å². The first-order valence-electron chi connectivity index (χ1n) is 4.45. The lowest BCUT2D eigenvalue weighted by molar-refractivity contribution is 0.0627. The van der Waals surface area contributed by atoms with Gasteiger partial charge in [0.05, 0.1) is 6.10 Å².